The Morgan fingerprint density at radius 1 is 1.12 bits per heavy atom. The second kappa shape index (κ2) is 8.21. The van der Waals surface area contributed by atoms with Gasteiger partial charge in [-0.1, -0.05) is 12.1 Å². The van der Waals surface area contributed by atoms with Crippen LogP contribution in [-0.2, 0) is 11.2 Å². The molecule has 6 rings (SSSR count). The number of likely N-dealkylation sites (tertiary alicyclic amines) is 1. The summed E-state index contributed by atoms with van der Waals surface area (Å²) >= 11 is 0. The van der Waals surface area contributed by atoms with Crippen LogP contribution in [0.5, 0.6) is 0 Å². The van der Waals surface area contributed by atoms with Gasteiger partial charge in [0.25, 0.3) is 5.91 Å². The topological polar surface area (TPSA) is 90.2 Å². The Balaban J connectivity index is 1.19. The zero-order valence-electron chi connectivity index (χ0n) is 18.9. The van der Waals surface area contributed by atoms with Gasteiger partial charge in [0, 0.05) is 50.3 Å². The number of aromatic nitrogens is 2. The second-order valence-electron chi connectivity index (χ2n) is 9.60. The van der Waals surface area contributed by atoms with E-state index in [0.717, 1.165) is 36.1 Å². The van der Waals surface area contributed by atoms with Crippen LogP contribution in [0.15, 0.2) is 47.7 Å². The van der Waals surface area contributed by atoms with Crippen molar-refractivity contribution in [3.05, 3.63) is 64.6 Å². The van der Waals surface area contributed by atoms with Crippen molar-refractivity contribution in [2.45, 2.75) is 25.7 Å². The van der Waals surface area contributed by atoms with Gasteiger partial charge in [-0.25, -0.2) is 4.98 Å². The Kier molecular flexibility index (Phi) is 5.02. The van der Waals surface area contributed by atoms with Crippen molar-refractivity contribution in [2.24, 2.45) is 11.8 Å². The van der Waals surface area contributed by atoms with Crippen LogP contribution in [0.3, 0.4) is 0 Å². The fourth-order valence-corrected chi connectivity index (χ4v) is 5.02. The van der Waals surface area contributed by atoms with Crippen LogP contribution < -0.4 is 0 Å². The zero-order valence-corrected chi connectivity index (χ0v) is 18.9. The summed E-state index contributed by atoms with van der Waals surface area (Å²) in [5, 5.41) is 9.12. The summed E-state index contributed by atoms with van der Waals surface area (Å²) in [6.07, 6.45) is 9.71. The summed E-state index contributed by atoms with van der Waals surface area (Å²) in [5.41, 5.74) is 6.51. The lowest BCUT2D eigenvalue weighted by Crippen LogP contribution is -2.30. The number of carbonyl (C=O) groups excluding carboxylic acids is 2. The third-order valence-electron chi connectivity index (χ3n) is 7.18. The van der Waals surface area contributed by atoms with Crippen molar-refractivity contribution in [1.29, 1.82) is 5.26 Å². The SMILES string of the molecule is N#CC1CCN(C(=O)c2cccc(-c3cnc4c(c3)C=C(C3=CCN(C(=O)C5CC5)C3)C4)n2)C1. The molecule has 0 radical (unpaired) electrons. The maximum Gasteiger partial charge on any atom is 0.272 e. The molecule has 1 saturated heterocycles. The largest absolute Gasteiger partial charge is 0.336 e. The van der Waals surface area contributed by atoms with E-state index in [1.54, 1.807) is 11.0 Å². The predicted molar refractivity (Wildman–Crippen MR) is 126 cm³/mol. The molecule has 2 amide bonds. The van der Waals surface area contributed by atoms with Gasteiger partial charge in [0.05, 0.1) is 23.4 Å². The van der Waals surface area contributed by atoms with Gasteiger partial charge in [0.15, 0.2) is 0 Å². The Morgan fingerprint density at radius 2 is 2.00 bits per heavy atom. The Morgan fingerprint density at radius 3 is 2.79 bits per heavy atom. The van der Waals surface area contributed by atoms with E-state index in [-0.39, 0.29) is 17.7 Å². The molecule has 2 aromatic heterocycles. The molecule has 0 spiro atoms. The fourth-order valence-electron chi connectivity index (χ4n) is 5.02. The van der Waals surface area contributed by atoms with Crippen LogP contribution in [0.25, 0.3) is 17.3 Å². The van der Waals surface area contributed by atoms with Crippen molar-refractivity contribution >= 4 is 17.9 Å². The molecule has 4 aliphatic rings. The summed E-state index contributed by atoms with van der Waals surface area (Å²) in [4.78, 5) is 38.3. The first-order valence-electron chi connectivity index (χ1n) is 11.9. The molecular weight excluding hydrogens is 426 g/mol. The molecule has 7 heteroatoms. The smallest absolute Gasteiger partial charge is 0.272 e. The molecule has 1 saturated carbocycles. The van der Waals surface area contributed by atoms with Gasteiger partial charge in [-0.2, -0.15) is 5.26 Å². The summed E-state index contributed by atoms with van der Waals surface area (Å²) in [7, 11) is 0. The molecule has 1 unspecified atom stereocenters. The van der Waals surface area contributed by atoms with Crippen molar-refractivity contribution in [3.8, 4) is 17.3 Å². The van der Waals surface area contributed by atoms with Crippen LogP contribution >= 0.6 is 0 Å². The molecular formula is C27H25N5O2. The van der Waals surface area contributed by atoms with Crippen LogP contribution in [0.2, 0.25) is 0 Å². The van der Waals surface area contributed by atoms with Crippen LogP contribution in [0, 0.1) is 23.2 Å². The van der Waals surface area contributed by atoms with Gasteiger partial charge >= 0.3 is 0 Å². The highest BCUT2D eigenvalue weighted by Crippen LogP contribution is 2.35. The van der Waals surface area contributed by atoms with Gasteiger partial charge in [0.2, 0.25) is 5.91 Å². The number of hydrogen-bond donors (Lipinski definition) is 0. The standard InChI is InChI=1S/C27H25N5O2/c28-13-17-6-8-31(15-17)27(34)24-3-1-2-23(30-24)22-11-21-10-20(12-25(21)29-14-22)19-7-9-32(16-19)26(33)18-4-5-18/h1-3,7,10-11,14,17-18H,4-6,8-9,12,15-16H2. The van der Waals surface area contributed by atoms with Crippen molar-refractivity contribution in [2.75, 3.05) is 26.2 Å². The highest BCUT2D eigenvalue weighted by molar-refractivity contribution is 5.93. The molecule has 2 aliphatic heterocycles. The van der Waals surface area contributed by atoms with Gasteiger partial charge in [0.1, 0.15) is 5.69 Å². The summed E-state index contributed by atoms with van der Waals surface area (Å²) in [6, 6.07) is 9.79. The van der Waals surface area contributed by atoms with E-state index in [2.05, 4.69) is 29.3 Å². The number of carbonyl (C=O) groups is 2. The first-order valence-corrected chi connectivity index (χ1v) is 11.9. The van der Waals surface area contributed by atoms with E-state index in [9.17, 15) is 9.59 Å². The lowest BCUT2D eigenvalue weighted by molar-refractivity contribution is -0.131. The molecule has 2 aliphatic carbocycles. The number of hydrogen-bond acceptors (Lipinski definition) is 5. The maximum absolute atomic E-state index is 12.9. The number of amides is 2. The Bertz CT molecular complexity index is 1300. The third-order valence-corrected chi connectivity index (χ3v) is 7.18. The Labute approximate surface area is 198 Å². The van der Waals surface area contributed by atoms with Crippen LogP contribution in [0.4, 0.5) is 0 Å². The zero-order chi connectivity index (χ0) is 23.2. The number of pyridine rings is 2. The van der Waals surface area contributed by atoms with E-state index < -0.39 is 0 Å². The molecule has 7 nitrogen and oxygen atoms in total. The quantitative estimate of drug-likeness (QED) is 0.712. The first kappa shape index (κ1) is 20.8. The van der Waals surface area contributed by atoms with Crippen molar-refractivity contribution < 1.29 is 9.59 Å². The molecule has 34 heavy (non-hydrogen) atoms. The Hall–Kier alpha value is -3.79. The van der Waals surface area contributed by atoms with E-state index in [0.29, 0.717) is 49.9 Å². The number of rotatable bonds is 4. The lowest BCUT2D eigenvalue weighted by Gasteiger charge is -2.16. The minimum absolute atomic E-state index is 0.0945. The summed E-state index contributed by atoms with van der Waals surface area (Å²) < 4.78 is 0. The third kappa shape index (κ3) is 3.79. The molecule has 2 aromatic rings. The van der Waals surface area contributed by atoms with E-state index in [1.807, 2.05) is 23.2 Å². The average Bonchev–Trinajstić information content (AvgIpc) is 3.26. The highest BCUT2D eigenvalue weighted by atomic mass is 16.2. The van der Waals surface area contributed by atoms with Gasteiger partial charge < -0.3 is 9.80 Å². The van der Waals surface area contributed by atoms with E-state index in [1.165, 1.54) is 11.1 Å². The maximum atomic E-state index is 12.9. The average molecular weight is 452 g/mol. The number of fused-ring (bicyclic) bond motifs is 1. The molecule has 0 aromatic carbocycles. The molecule has 4 heterocycles. The lowest BCUT2D eigenvalue weighted by atomic mass is 10.1. The van der Waals surface area contributed by atoms with Gasteiger partial charge in [-0.3, -0.25) is 14.6 Å². The summed E-state index contributed by atoms with van der Waals surface area (Å²) in [6.45, 7) is 2.45. The van der Waals surface area contributed by atoms with Gasteiger partial charge in [-0.05, 0) is 60.2 Å². The molecule has 1 atom stereocenters. The molecule has 170 valence electrons. The number of nitriles is 1. The predicted octanol–water partition coefficient (Wildman–Crippen LogP) is 3.25. The van der Waals surface area contributed by atoms with Crippen molar-refractivity contribution in [1.82, 2.24) is 19.8 Å². The normalized spacial score (nSPS) is 21.2. The summed E-state index contributed by atoms with van der Waals surface area (Å²) in [5.74, 6) is 0.317. The highest BCUT2D eigenvalue weighted by Gasteiger charge is 2.35. The van der Waals surface area contributed by atoms with Crippen LogP contribution in [0.1, 0.15) is 41.0 Å². The second-order valence-corrected chi connectivity index (χ2v) is 9.60. The van der Waals surface area contributed by atoms with E-state index in [4.69, 9.17) is 10.2 Å². The number of nitrogens with zero attached hydrogens (tertiary/aromatic N) is 5. The van der Waals surface area contributed by atoms with E-state index >= 15 is 0 Å². The monoisotopic (exact) mass is 451 g/mol. The molecule has 0 bridgehead atoms. The molecule has 2 fully saturated rings. The fraction of sp³-hybridized carbons (Fsp3) is 0.370. The minimum Gasteiger partial charge on any atom is -0.336 e. The molecule has 0 N–H and O–H groups in total. The van der Waals surface area contributed by atoms with Crippen LogP contribution in [-0.4, -0.2) is 57.8 Å². The first-order chi connectivity index (χ1) is 16.6. The van der Waals surface area contributed by atoms with Crippen molar-refractivity contribution in [3.63, 3.8) is 0 Å². The van der Waals surface area contributed by atoms with Gasteiger partial charge in [-0.15, -0.1) is 0 Å². The minimum atomic E-state index is -0.130.